The van der Waals surface area contributed by atoms with Gasteiger partial charge >= 0.3 is 5.97 Å². The van der Waals surface area contributed by atoms with Gasteiger partial charge in [-0.3, -0.25) is 9.36 Å². The van der Waals surface area contributed by atoms with Crippen LogP contribution in [0.5, 0.6) is 0 Å². The van der Waals surface area contributed by atoms with E-state index < -0.39 is 12.1 Å². The highest BCUT2D eigenvalue weighted by atomic mass is 16.5. The van der Waals surface area contributed by atoms with Gasteiger partial charge in [0.05, 0.1) is 16.6 Å². The van der Waals surface area contributed by atoms with Gasteiger partial charge in [0, 0.05) is 10.8 Å². The molecule has 0 N–H and O–H groups in total. The molecule has 0 radical (unpaired) electrons. The van der Waals surface area contributed by atoms with Gasteiger partial charge in [-0.2, -0.15) is 0 Å². The standard InChI is InChI=1S/C24H18N2O4/c1-2-21(30-24(28)15-11-12-18-22(13-15)29-14-25-18)23(27)26-19-9-5-3-7-16(19)17-8-4-6-10-20(17)26/h3-14,21H,2H2,1H3. The Bertz CT molecular complexity index is 1360. The summed E-state index contributed by atoms with van der Waals surface area (Å²) in [5, 5.41) is 1.97. The van der Waals surface area contributed by atoms with E-state index in [4.69, 9.17) is 9.15 Å². The van der Waals surface area contributed by atoms with Crippen molar-refractivity contribution in [1.82, 2.24) is 9.55 Å². The van der Waals surface area contributed by atoms with Crippen molar-refractivity contribution in [2.75, 3.05) is 0 Å². The Morgan fingerprint density at radius 3 is 2.33 bits per heavy atom. The highest BCUT2D eigenvalue weighted by Gasteiger charge is 2.26. The largest absolute Gasteiger partial charge is 0.449 e. The van der Waals surface area contributed by atoms with E-state index in [2.05, 4.69) is 4.98 Å². The maximum Gasteiger partial charge on any atom is 0.339 e. The van der Waals surface area contributed by atoms with Crippen molar-refractivity contribution in [3.8, 4) is 0 Å². The van der Waals surface area contributed by atoms with Crippen LogP contribution in [0, 0.1) is 0 Å². The second-order valence-electron chi connectivity index (χ2n) is 7.05. The van der Waals surface area contributed by atoms with Crippen molar-refractivity contribution in [2.45, 2.75) is 19.4 Å². The molecule has 0 bridgehead atoms. The van der Waals surface area contributed by atoms with E-state index >= 15 is 0 Å². The van der Waals surface area contributed by atoms with E-state index in [9.17, 15) is 9.59 Å². The third kappa shape index (κ3) is 2.85. The van der Waals surface area contributed by atoms with E-state index in [1.165, 1.54) is 6.39 Å². The fraction of sp³-hybridized carbons (Fsp3) is 0.125. The van der Waals surface area contributed by atoms with Crippen molar-refractivity contribution in [1.29, 1.82) is 0 Å². The van der Waals surface area contributed by atoms with Crippen LogP contribution in [-0.2, 0) is 4.74 Å². The van der Waals surface area contributed by atoms with Crippen molar-refractivity contribution < 1.29 is 18.7 Å². The molecule has 0 aliphatic heterocycles. The smallest absolute Gasteiger partial charge is 0.339 e. The molecule has 6 heteroatoms. The zero-order valence-corrected chi connectivity index (χ0v) is 16.2. The Balaban J connectivity index is 1.52. The second-order valence-corrected chi connectivity index (χ2v) is 7.05. The van der Waals surface area contributed by atoms with E-state index in [0.717, 1.165) is 21.8 Å². The first-order valence-electron chi connectivity index (χ1n) is 9.74. The van der Waals surface area contributed by atoms with Crippen LogP contribution in [0.25, 0.3) is 32.9 Å². The van der Waals surface area contributed by atoms with Crippen LogP contribution in [0.4, 0.5) is 0 Å². The van der Waals surface area contributed by atoms with Crippen molar-refractivity contribution in [2.24, 2.45) is 0 Å². The van der Waals surface area contributed by atoms with Gasteiger partial charge < -0.3 is 9.15 Å². The van der Waals surface area contributed by atoms with Gasteiger partial charge in [0.1, 0.15) is 5.52 Å². The van der Waals surface area contributed by atoms with Crippen LogP contribution >= 0.6 is 0 Å². The molecule has 2 aromatic heterocycles. The molecular formula is C24H18N2O4. The number of ether oxygens (including phenoxy) is 1. The summed E-state index contributed by atoms with van der Waals surface area (Å²) in [6.45, 7) is 1.82. The highest BCUT2D eigenvalue weighted by Crippen LogP contribution is 2.29. The summed E-state index contributed by atoms with van der Waals surface area (Å²) in [4.78, 5) is 30.2. The molecule has 0 aliphatic carbocycles. The first kappa shape index (κ1) is 18.1. The van der Waals surface area contributed by atoms with E-state index in [-0.39, 0.29) is 5.91 Å². The van der Waals surface area contributed by atoms with Crippen LogP contribution in [0.15, 0.2) is 77.5 Å². The molecule has 30 heavy (non-hydrogen) atoms. The number of rotatable bonds is 4. The fourth-order valence-electron chi connectivity index (χ4n) is 3.79. The van der Waals surface area contributed by atoms with Crippen LogP contribution in [0.2, 0.25) is 0 Å². The highest BCUT2D eigenvalue weighted by molar-refractivity contribution is 6.14. The molecule has 5 rings (SSSR count). The third-order valence-electron chi connectivity index (χ3n) is 5.26. The molecule has 0 amide bonds. The lowest BCUT2D eigenvalue weighted by Gasteiger charge is -2.17. The number of nitrogens with zero attached hydrogens (tertiary/aromatic N) is 2. The fourth-order valence-corrected chi connectivity index (χ4v) is 3.79. The summed E-state index contributed by atoms with van der Waals surface area (Å²) < 4.78 is 12.5. The van der Waals surface area contributed by atoms with E-state index in [0.29, 0.717) is 23.1 Å². The Hall–Kier alpha value is -3.93. The Labute approximate surface area is 171 Å². The molecule has 0 spiro atoms. The van der Waals surface area contributed by atoms with Gasteiger partial charge in [0.25, 0.3) is 5.91 Å². The van der Waals surface area contributed by atoms with Gasteiger partial charge in [-0.1, -0.05) is 43.3 Å². The van der Waals surface area contributed by atoms with Crippen LogP contribution in [0.3, 0.4) is 0 Å². The summed E-state index contributed by atoms with van der Waals surface area (Å²) in [5.74, 6) is -0.849. The van der Waals surface area contributed by atoms with Gasteiger partial charge in [-0.15, -0.1) is 0 Å². The van der Waals surface area contributed by atoms with Crippen molar-refractivity contribution >= 4 is 44.8 Å². The Kier molecular flexibility index (Phi) is 4.32. The maximum atomic E-state index is 13.5. The van der Waals surface area contributed by atoms with Gasteiger partial charge in [-0.05, 0) is 36.8 Å². The van der Waals surface area contributed by atoms with Gasteiger partial charge in [0.2, 0.25) is 0 Å². The lowest BCUT2D eigenvalue weighted by Crippen LogP contribution is -2.31. The first-order valence-corrected chi connectivity index (χ1v) is 9.74. The second kappa shape index (κ2) is 7.15. The van der Waals surface area contributed by atoms with E-state index in [1.807, 2.05) is 55.5 Å². The van der Waals surface area contributed by atoms with E-state index in [1.54, 1.807) is 22.8 Å². The summed E-state index contributed by atoms with van der Waals surface area (Å²) in [6, 6.07) is 20.3. The minimum atomic E-state index is -0.915. The molecule has 0 fully saturated rings. The molecule has 6 nitrogen and oxygen atoms in total. The Morgan fingerprint density at radius 2 is 1.67 bits per heavy atom. The number of fused-ring (bicyclic) bond motifs is 4. The van der Waals surface area contributed by atoms with Crippen molar-refractivity contribution in [3.05, 3.63) is 78.7 Å². The molecule has 3 aromatic carbocycles. The molecule has 0 saturated carbocycles. The summed E-state index contributed by atoms with van der Waals surface area (Å²) in [7, 11) is 0. The number of para-hydroxylation sites is 2. The SMILES string of the molecule is CCC(OC(=O)c1ccc2ncoc2c1)C(=O)n1c2ccccc2c2ccccc21. The van der Waals surface area contributed by atoms with Crippen LogP contribution in [0.1, 0.15) is 28.5 Å². The lowest BCUT2D eigenvalue weighted by atomic mass is 10.2. The number of hydrogen-bond acceptors (Lipinski definition) is 5. The molecule has 0 saturated heterocycles. The average Bonchev–Trinajstić information content (AvgIpc) is 3.38. The molecular weight excluding hydrogens is 380 g/mol. The monoisotopic (exact) mass is 398 g/mol. The predicted octanol–water partition coefficient (Wildman–Crippen LogP) is 5.21. The maximum absolute atomic E-state index is 13.5. The number of aromatic nitrogens is 2. The molecule has 0 aliphatic rings. The summed E-state index contributed by atoms with van der Waals surface area (Å²) >= 11 is 0. The normalized spacial score (nSPS) is 12.4. The summed E-state index contributed by atoms with van der Waals surface area (Å²) in [6.07, 6.45) is 0.762. The van der Waals surface area contributed by atoms with Gasteiger partial charge in [-0.25, -0.2) is 9.78 Å². The van der Waals surface area contributed by atoms with Crippen molar-refractivity contribution in [3.63, 3.8) is 0 Å². The molecule has 5 aromatic rings. The third-order valence-corrected chi connectivity index (χ3v) is 5.26. The van der Waals surface area contributed by atoms with Gasteiger partial charge in [0.15, 0.2) is 18.1 Å². The Morgan fingerprint density at radius 1 is 1.00 bits per heavy atom. The number of esters is 1. The van der Waals surface area contributed by atoms with Crippen LogP contribution < -0.4 is 0 Å². The minimum absolute atomic E-state index is 0.274. The summed E-state index contributed by atoms with van der Waals surface area (Å²) in [5.41, 5.74) is 3.04. The number of benzene rings is 3. The molecule has 2 heterocycles. The number of hydrogen-bond donors (Lipinski definition) is 0. The molecule has 1 atom stereocenters. The minimum Gasteiger partial charge on any atom is -0.449 e. The average molecular weight is 398 g/mol. The number of carbonyl (C=O) groups is 2. The first-order chi connectivity index (χ1) is 14.7. The predicted molar refractivity (Wildman–Crippen MR) is 114 cm³/mol. The lowest BCUT2D eigenvalue weighted by molar-refractivity contribution is 0.0245. The molecule has 1 unspecified atom stereocenters. The zero-order chi connectivity index (χ0) is 20.7. The molecule has 148 valence electrons. The number of oxazole rings is 1. The zero-order valence-electron chi connectivity index (χ0n) is 16.2. The quantitative estimate of drug-likeness (QED) is 0.389. The topological polar surface area (TPSA) is 74.3 Å². The van der Waals surface area contributed by atoms with Crippen LogP contribution in [-0.4, -0.2) is 27.5 Å². The number of carbonyl (C=O) groups excluding carboxylic acids is 2.